The summed E-state index contributed by atoms with van der Waals surface area (Å²) in [5, 5.41) is 16.9. The summed E-state index contributed by atoms with van der Waals surface area (Å²) in [4.78, 5) is 16.0. The van der Waals surface area contributed by atoms with Gasteiger partial charge in [0.1, 0.15) is 5.39 Å². The average Bonchev–Trinajstić information content (AvgIpc) is 3.30. The number of carbonyl (C=O) groups is 1. The smallest absolute Gasteiger partial charge is 0.336 e. The van der Waals surface area contributed by atoms with E-state index >= 15 is 0 Å². The molecule has 0 radical (unpaired) electrons. The van der Waals surface area contributed by atoms with Crippen LogP contribution in [0.1, 0.15) is 34.8 Å². The van der Waals surface area contributed by atoms with Crippen molar-refractivity contribution in [2.45, 2.75) is 18.8 Å². The molecule has 1 fully saturated rings. The van der Waals surface area contributed by atoms with Crippen molar-refractivity contribution >= 4 is 28.6 Å². The van der Waals surface area contributed by atoms with Gasteiger partial charge in [-0.25, -0.2) is 9.78 Å². The molecule has 1 aromatic carbocycles. The van der Waals surface area contributed by atoms with E-state index in [0.29, 0.717) is 17.1 Å². The molecule has 0 saturated heterocycles. The minimum atomic E-state index is -1.01. The van der Waals surface area contributed by atoms with Crippen LogP contribution in [0.4, 0.5) is 11.5 Å². The number of nitrogens with one attached hydrogen (secondary N) is 1. The molecule has 6 heteroatoms. The lowest BCUT2D eigenvalue weighted by Crippen LogP contribution is -2.02. The molecule has 2 heterocycles. The Bertz CT molecular complexity index is 854. The van der Waals surface area contributed by atoms with Crippen molar-refractivity contribution in [1.82, 2.24) is 10.1 Å². The minimum absolute atomic E-state index is 0.173. The van der Waals surface area contributed by atoms with Crippen molar-refractivity contribution in [3.05, 3.63) is 47.7 Å². The maximum atomic E-state index is 11.6. The topological polar surface area (TPSA) is 88.2 Å². The number of rotatable bonds is 4. The molecule has 0 unspecified atom stereocenters. The molecular formula is C16H13N3O3. The summed E-state index contributed by atoms with van der Waals surface area (Å²) < 4.78 is 5.24. The number of fused-ring (bicyclic) bond motifs is 1. The summed E-state index contributed by atoms with van der Waals surface area (Å²) in [6.45, 7) is 0. The van der Waals surface area contributed by atoms with Gasteiger partial charge in [0.2, 0.25) is 0 Å². The van der Waals surface area contributed by atoms with Crippen LogP contribution in [0.2, 0.25) is 0 Å². The second kappa shape index (κ2) is 4.84. The summed E-state index contributed by atoms with van der Waals surface area (Å²) in [6, 6.07) is 11.0. The molecule has 3 aromatic rings. The third kappa shape index (κ3) is 2.18. The van der Waals surface area contributed by atoms with Crippen molar-refractivity contribution in [2.24, 2.45) is 0 Å². The van der Waals surface area contributed by atoms with Crippen LogP contribution < -0.4 is 5.32 Å². The first-order valence-corrected chi connectivity index (χ1v) is 7.08. The number of aromatic carboxylic acids is 1. The Balaban J connectivity index is 1.84. The van der Waals surface area contributed by atoms with Crippen LogP contribution in [0, 0.1) is 0 Å². The standard InChI is InChI=1S/C16H13N3O3/c20-16(21)11-8-12(9-6-7-9)18-15-13(11)14(19-22-15)17-10-4-2-1-3-5-10/h1-5,8-9H,6-7H2,(H,17,19)(H,20,21). The first-order chi connectivity index (χ1) is 10.7. The van der Waals surface area contributed by atoms with E-state index < -0.39 is 5.97 Å². The van der Waals surface area contributed by atoms with Crippen molar-refractivity contribution in [3.63, 3.8) is 0 Å². The van der Waals surface area contributed by atoms with E-state index in [2.05, 4.69) is 15.5 Å². The molecule has 0 amide bonds. The third-order valence-electron chi connectivity index (χ3n) is 3.73. The number of carboxylic acid groups (broad SMARTS) is 1. The van der Waals surface area contributed by atoms with Crippen LogP contribution in [0.3, 0.4) is 0 Å². The van der Waals surface area contributed by atoms with Gasteiger partial charge >= 0.3 is 5.97 Å². The van der Waals surface area contributed by atoms with Crippen LogP contribution in [0.5, 0.6) is 0 Å². The predicted octanol–water partition coefficient (Wildman–Crippen LogP) is 3.54. The molecule has 0 aliphatic heterocycles. The van der Waals surface area contributed by atoms with E-state index in [1.807, 2.05) is 30.3 Å². The summed E-state index contributed by atoms with van der Waals surface area (Å²) in [5.74, 6) is -0.291. The van der Waals surface area contributed by atoms with Crippen LogP contribution in [0.25, 0.3) is 11.1 Å². The van der Waals surface area contributed by atoms with Crippen molar-refractivity contribution in [2.75, 3.05) is 5.32 Å². The van der Waals surface area contributed by atoms with E-state index in [-0.39, 0.29) is 11.3 Å². The molecule has 110 valence electrons. The highest BCUT2D eigenvalue weighted by molar-refractivity contribution is 6.06. The van der Waals surface area contributed by atoms with E-state index in [0.717, 1.165) is 24.2 Å². The Kier molecular flexibility index (Phi) is 2.82. The number of nitrogens with zero attached hydrogens (tertiary/aromatic N) is 2. The van der Waals surface area contributed by atoms with Gasteiger partial charge in [0.15, 0.2) is 5.82 Å². The second-order valence-corrected chi connectivity index (χ2v) is 5.38. The van der Waals surface area contributed by atoms with Gasteiger partial charge in [-0.15, -0.1) is 0 Å². The molecule has 0 atom stereocenters. The van der Waals surface area contributed by atoms with Crippen LogP contribution in [0.15, 0.2) is 40.9 Å². The normalized spacial score (nSPS) is 14.2. The number of hydrogen-bond donors (Lipinski definition) is 2. The van der Waals surface area contributed by atoms with E-state index in [4.69, 9.17) is 4.52 Å². The van der Waals surface area contributed by atoms with Crippen LogP contribution in [-0.2, 0) is 0 Å². The zero-order valence-electron chi connectivity index (χ0n) is 11.6. The van der Waals surface area contributed by atoms with Crippen molar-refractivity contribution < 1.29 is 14.4 Å². The number of anilines is 2. The number of benzene rings is 1. The van der Waals surface area contributed by atoms with Gasteiger partial charge in [0.05, 0.1) is 5.56 Å². The summed E-state index contributed by atoms with van der Waals surface area (Å²) in [6.07, 6.45) is 2.08. The molecule has 1 saturated carbocycles. The van der Waals surface area contributed by atoms with Gasteiger partial charge < -0.3 is 14.9 Å². The maximum absolute atomic E-state index is 11.6. The molecular weight excluding hydrogens is 282 g/mol. The highest BCUT2D eigenvalue weighted by Gasteiger charge is 2.29. The average molecular weight is 295 g/mol. The van der Waals surface area contributed by atoms with Crippen molar-refractivity contribution in [1.29, 1.82) is 0 Å². The quantitative estimate of drug-likeness (QED) is 0.765. The molecule has 2 aromatic heterocycles. The first-order valence-electron chi connectivity index (χ1n) is 7.08. The Hall–Kier alpha value is -2.89. The summed E-state index contributed by atoms with van der Waals surface area (Å²) >= 11 is 0. The summed E-state index contributed by atoms with van der Waals surface area (Å²) in [7, 11) is 0. The fourth-order valence-corrected chi connectivity index (χ4v) is 2.47. The van der Waals surface area contributed by atoms with Crippen LogP contribution in [-0.4, -0.2) is 21.2 Å². The van der Waals surface area contributed by atoms with Crippen LogP contribution >= 0.6 is 0 Å². The van der Waals surface area contributed by atoms with E-state index in [9.17, 15) is 9.90 Å². The molecule has 4 rings (SSSR count). The monoisotopic (exact) mass is 295 g/mol. The number of hydrogen-bond acceptors (Lipinski definition) is 5. The Morgan fingerprint density at radius 2 is 2.05 bits per heavy atom. The highest BCUT2D eigenvalue weighted by atomic mass is 16.5. The fraction of sp³-hybridized carbons (Fsp3) is 0.188. The van der Waals surface area contributed by atoms with Gasteiger partial charge in [-0.1, -0.05) is 23.4 Å². The highest BCUT2D eigenvalue weighted by Crippen LogP contribution is 2.41. The minimum Gasteiger partial charge on any atom is -0.478 e. The molecule has 6 nitrogen and oxygen atoms in total. The second-order valence-electron chi connectivity index (χ2n) is 5.38. The first kappa shape index (κ1) is 12.8. The molecule has 0 bridgehead atoms. The lowest BCUT2D eigenvalue weighted by atomic mass is 10.1. The molecule has 1 aliphatic rings. The van der Waals surface area contributed by atoms with Crippen molar-refractivity contribution in [3.8, 4) is 0 Å². The Labute approximate surface area is 125 Å². The van der Waals surface area contributed by atoms with E-state index in [1.165, 1.54) is 0 Å². The lowest BCUT2D eigenvalue weighted by Gasteiger charge is -2.04. The largest absolute Gasteiger partial charge is 0.478 e. The molecule has 22 heavy (non-hydrogen) atoms. The van der Waals surface area contributed by atoms with Gasteiger partial charge in [0, 0.05) is 17.3 Å². The van der Waals surface area contributed by atoms with Gasteiger partial charge in [-0.3, -0.25) is 0 Å². The SMILES string of the molecule is O=C(O)c1cc(C2CC2)nc2onc(Nc3ccccc3)c12. The Morgan fingerprint density at radius 1 is 1.27 bits per heavy atom. The zero-order valence-corrected chi connectivity index (χ0v) is 11.6. The van der Waals surface area contributed by atoms with Gasteiger partial charge in [0.25, 0.3) is 5.71 Å². The molecule has 0 spiro atoms. The number of para-hydroxylation sites is 1. The maximum Gasteiger partial charge on any atom is 0.336 e. The summed E-state index contributed by atoms with van der Waals surface area (Å²) in [5.41, 5.74) is 2.01. The molecule has 2 N–H and O–H groups in total. The molecule has 1 aliphatic carbocycles. The number of carboxylic acids is 1. The van der Waals surface area contributed by atoms with E-state index in [1.54, 1.807) is 6.07 Å². The van der Waals surface area contributed by atoms with Gasteiger partial charge in [-0.05, 0) is 31.0 Å². The Morgan fingerprint density at radius 3 is 2.73 bits per heavy atom. The lowest BCUT2D eigenvalue weighted by molar-refractivity contribution is 0.0699. The fourth-order valence-electron chi connectivity index (χ4n) is 2.47. The number of pyridine rings is 1. The number of aromatic nitrogens is 2. The predicted molar refractivity (Wildman–Crippen MR) is 80.5 cm³/mol. The zero-order chi connectivity index (χ0) is 15.1. The third-order valence-corrected chi connectivity index (χ3v) is 3.73. The van der Waals surface area contributed by atoms with Gasteiger partial charge in [-0.2, -0.15) is 0 Å².